The van der Waals surface area contributed by atoms with Gasteiger partial charge in [-0.1, -0.05) is 0 Å². The molecule has 0 aliphatic heterocycles. The molecule has 0 atom stereocenters. The number of nitrogens with zero attached hydrogens (tertiary/aromatic N) is 2. The number of primary amides is 1. The summed E-state index contributed by atoms with van der Waals surface area (Å²) in [7, 11) is 0. The van der Waals surface area contributed by atoms with E-state index >= 15 is 0 Å². The van der Waals surface area contributed by atoms with Crippen molar-refractivity contribution in [3.63, 3.8) is 0 Å². The molecule has 6 nitrogen and oxygen atoms in total. The maximum Gasteiger partial charge on any atom is 0.226 e. The fourth-order valence-electron chi connectivity index (χ4n) is 2.04. The molecule has 4 N–H and O–H groups in total. The van der Waals surface area contributed by atoms with Gasteiger partial charge < -0.3 is 16.4 Å². The number of aromatic nitrogens is 2. The number of nitrogens with one attached hydrogen (secondary N) is 2. The lowest BCUT2D eigenvalue weighted by atomic mass is 10.2. The van der Waals surface area contributed by atoms with Crippen LogP contribution in [-0.4, -0.2) is 29.0 Å². The maximum atomic E-state index is 10.7. The Morgan fingerprint density at radius 2 is 2.14 bits per heavy atom. The first-order valence-corrected chi connectivity index (χ1v) is 7.96. The molecule has 2 heterocycles. The zero-order chi connectivity index (χ0) is 15.2. The van der Waals surface area contributed by atoms with Crippen molar-refractivity contribution in [3.05, 3.63) is 10.9 Å². The van der Waals surface area contributed by atoms with Crippen molar-refractivity contribution >= 4 is 39.2 Å². The van der Waals surface area contributed by atoms with E-state index in [2.05, 4.69) is 33.6 Å². The van der Waals surface area contributed by atoms with E-state index in [1.54, 1.807) is 11.3 Å². The van der Waals surface area contributed by atoms with Crippen molar-refractivity contribution < 1.29 is 4.79 Å². The summed E-state index contributed by atoms with van der Waals surface area (Å²) in [6.07, 6.45) is 2.11. The average Bonchev–Trinajstić information content (AvgIpc) is 2.78. The molecule has 114 valence electrons. The highest BCUT2D eigenvalue weighted by Gasteiger charge is 2.10. The minimum atomic E-state index is -0.248. The fourth-order valence-corrected chi connectivity index (χ4v) is 2.92. The van der Waals surface area contributed by atoms with E-state index in [1.807, 2.05) is 6.92 Å². The third-order valence-electron chi connectivity index (χ3n) is 2.99. The number of hydrogen-bond donors (Lipinski definition) is 3. The number of nitrogens with two attached hydrogens (primary N) is 1. The molecule has 0 spiro atoms. The lowest BCUT2D eigenvalue weighted by Crippen LogP contribution is -2.11. The van der Waals surface area contributed by atoms with Gasteiger partial charge in [-0.2, -0.15) is 4.98 Å². The Morgan fingerprint density at radius 1 is 1.33 bits per heavy atom. The lowest BCUT2D eigenvalue weighted by molar-refractivity contribution is -0.118. The van der Waals surface area contributed by atoms with Gasteiger partial charge >= 0.3 is 0 Å². The number of anilines is 2. The molecule has 2 aromatic rings. The maximum absolute atomic E-state index is 10.7. The van der Waals surface area contributed by atoms with Gasteiger partial charge in [-0.15, -0.1) is 11.3 Å². The van der Waals surface area contributed by atoms with Crippen molar-refractivity contribution in [2.24, 2.45) is 5.73 Å². The summed E-state index contributed by atoms with van der Waals surface area (Å²) in [5.74, 6) is 1.24. The molecule has 1 amide bonds. The number of aryl methyl sites for hydroxylation is 1. The topological polar surface area (TPSA) is 92.9 Å². The van der Waals surface area contributed by atoms with E-state index in [0.29, 0.717) is 12.4 Å². The van der Waals surface area contributed by atoms with Gasteiger partial charge in [-0.3, -0.25) is 4.79 Å². The van der Waals surface area contributed by atoms with E-state index < -0.39 is 0 Å². The second kappa shape index (κ2) is 7.21. The summed E-state index contributed by atoms with van der Waals surface area (Å²) in [5, 5.41) is 7.54. The molecule has 0 radical (unpaired) electrons. The molecule has 0 fully saturated rings. The van der Waals surface area contributed by atoms with Gasteiger partial charge in [0.05, 0.1) is 5.39 Å². The van der Waals surface area contributed by atoms with Crippen LogP contribution in [0.25, 0.3) is 10.2 Å². The van der Waals surface area contributed by atoms with Gasteiger partial charge in [-0.25, -0.2) is 4.98 Å². The summed E-state index contributed by atoms with van der Waals surface area (Å²) in [6.45, 7) is 5.63. The first kappa shape index (κ1) is 15.5. The predicted molar refractivity (Wildman–Crippen MR) is 87.9 cm³/mol. The standard InChI is InChI=1S/C14H21N5OS/c1-3-16-14-18-12(17-7-5-4-6-11(15)20)10-8-9(2)21-13(10)19-14/h8H,3-7H2,1-2H3,(H2,15,20)(H2,16,17,18,19). The Morgan fingerprint density at radius 3 is 2.86 bits per heavy atom. The van der Waals surface area contributed by atoms with Gasteiger partial charge in [-0.05, 0) is 32.8 Å². The predicted octanol–water partition coefficient (Wildman–Crippen LogP) is 2.50. The normalized spacial score (nSPS) is 10.8. The quantitative estimate of drug-likeness (QED) is 0.652. The highest BCUT2D eigenvalue weighted by molar-refractivity contribution is 7.18. The number of unbranched alkanes of at least 4 members (excludes halogenated alkanes) is 1. The van der Waals surface area contributed by atoms with E-state index in [9.17, 15) is 4.79 Å². The van der Waals surface area contributed by atoms with Crippen LogP contribution in [0.15, 0.2) is 6.07 Å². The van der Waals surface area contributed by atoms with Crippen LogP contribution in [0.1, 0.15) is 31.1 Å². The van der Waals surface area contributed by atoms with E-state index in [4.69, 9.17) is 5.73 Å². The van der Waals surface area contributed by atoms with Gasteiger partial charge in [0, 0.05) is 24.4 Å². The van der Waals surface area contributed by atoms with Crippen LogP contribution < -0.4 is 16.4 Å². The lowest BCUT2D eigenvalue weighted by Gasteiger charge is -2.09. The smallest absolute Gasteiger partial charge is 0.226 e. The number of carbonyl (C=O) groups excluding carboxylic acids is 1. The molecule has 7 heteroatoms. The molecule has 0 saturated heterocycles. The van der Waals surface area contributed by atoms with Crippen molar-refractivity contribution in [1.29, 1.82) is 0 Å². The first-order chi connectivity index (χ1) is 10.1. The zero-order valence-electron chi connectivity index (χ0n) is 12.4. The SMILES string of the molecule is CCNc1nc(NCCCCC(N)=O)c2cc(C)sc2n1. The Kier molecular flexibility index (Phi) is 5.32. The Balaban J connectivity index is 2.07. The van der Waals surface area contributed by atoms with Crippen LogP contribution in [0.4, 0.5) is 11.8 Å². The van der Waals surface area contributed by atoms with Crippen LogP contribution >= 0.6 is 11.3 Å². The minimum Gasteiger partial charge on any atom is -0.370 e. The molecule has 2 rings (SSSR count). The Hall–Kier alpha value is -1.89. The molecule has 21 heavy (non-hydrogen) atoms. The van der Waals surface area contributed by atoms with Gasteiger partial charge in [0.1, 0.15) is 10.6 Å². The number of hydrogen-bond acceptors (Lipinski definition) is 6. The third-order valence-corrected chi connectivity index (χ3v) is 3.94. The highest BCUT2D eigenvalue weighted by Crippen LogP contribution is 2.29. The number of rotatable bonds is 8. The van der Waals surface area contributed by atoms with Crippen LogP contribution in [-0.2, 0) is 4.79 Å². The Bertz CT molecular complexity index is 625. The van der Waals surface area contributed by atoms with Crippen LogP contribution in [0.3, 0.4) is 0 Å². The summed E-state index contributed by atoms with van der Waals surface area (Å²) in [4.78, 5) is 21.9. The molecule has 0 saturated carbocycles. The summed E-state index contributed by atoms with van der Waals surface area (Å²) in [6, 6.07) is 2.10. The van der Waals surface area contributed by atoms with Crippen LogP contribution in [0, 0.1) is 6.92 Å². The molecular weight excluding hydrogens is 286 g/mol. The molecular formula is C14H21N5OS. The molecule has 0 aliphatic carbocycles. The second-order valence-corrected chi connectivity index (χ2v) is 6.09. The number of fused-ring (bicyclic) bond motifs is 1. The van der Waals surface area contributed by atoms with E-state index in [-0.39, 0.29) is 5.91 Å². The monoisotopic (exact) mass is 307 g/mol. The average molecular weight is 307 g/mol. The first-order valence-electron chi connectivity index (χ1n) is 7.14. The van der Waals surface area contributed by atoms with Crippen LogP contribution in [0.5, 0.6) is 0 Å². The van der Waals surface area contributed by atoms with Crippen molar-refractivity contribution in [1.82, 2.24) is 9.97 Å². The fraction of sp³-hybridized carbons (Fsp3) is 0.500. The molecule has 0 unspecified atom stereocenters. The van der Waals surface area contributed by atoms with Gasteiger partial charge in [0.25, 0.3) is 0 Å². The number of amides is 1. The Labute approximate surface area is 128 Å². The van der Waals surface area contributed by atoms with Crippen LogP contribution in [0.2, 0.25) is 0 Å². The molecule has 0 bridgehead atoms. The second-order valence-electron chi connectivity index (χ2n) is 4.85. The zero-order valence-corrected chi connectivity index (χ0v) is 13.2. The van der Waals surface area contributed by atoms with E-state index in [0.717, 1.165) is 42.0 Å². The number of thiophene rings is 1. The van der Waals surface area contributed by atoms with Gasteiger partial charge in [0.2, 0.25) is 11.9 Å². The van der Waals surface area contributed by atoms with Gasteiger partial charge in [0.15, 0.2) is 0 Å². The summed E-state index contributed by atoms with van der Waals surface area (Å²) >= 11 is 1.66. The molecule has 0 aliphatic rings. The summed E-state index contributed by atoms with van der Waals surface area (Å²) in [5.41, 5.74) is 5.13. The highest BCUT2D eigenvalue weighted by atomic mass is 32.1. The number of carbonyl (C=O) groups is 1. The largest absolute Gasteiger partial charge is 0.370 e. The van der Waals surface area contributed by atoms with Crippen molar-refractivity contribution in [2.45, 2.75) is 33.1 Å². The molecule has 2 aromatic heterocycles. The van der Waals surface area contributed by atoms with Crippen molar-refractivity contribution in [2.75, 3.05) is 23.7 Å². The molecule has 0 aromatic carbocycles. The summed E-state index contributed by atoms with van der Waals surface area (Å²) < 4.78 is 0. The van der Waals surface area contributed by atoms with Crippen molar-refractivity contribution in [3.8, 4) is 0 Å². The third kappa shape index (κ3) is 4.29. The van der Waals surface area contributed by atoms with E-state index in [1.165, 1.54) is 4.88 Å². The minimum absolute atomic E-state index is 0.248.